The molecule has 0 radical (unpaired) electrons. The van der Waals surface area contributed by atoms with Gasteiger partial charge in [-0.3, -0.25) is 9.69 Å². The maximum absolute atomic E-state index is 12.8. The Balaban J connectivity index is 1.20. The molecule has 8 heteroatoms. The number of piperazine rings is 1. The van der Waals surface area contributed by atoms with E-state index in [1.54, 1.807) is 6.20 Å². The average Bonchev–Trinajstić information content (AvgIpc) is 3.18. The molecule has 3 aromatic rings. The number of hydrogen-bond donors (Lipinski definition) is 1. The van der Waals surface area contributed by atoms with E-state index < -0.39 is 0 Å². The van der Waals surface area contributed by atoms with Crippen molar-refractivity contribution in [2.75, 3.05) is 44.2 Å². The van der Waals surface area contributed by atoms with E-state index in [1.165, 1.54) is 23.0 Å². The number of nitrogens with one attached hydrogen (secondary N) is 1. The SMILES string of the molecule is Cc1cccc(N2CCN(CCCNC(=O)c3cccnc3SCc3c(C)noc3C)CC2)c1. The van der Waals surface area contributed by atoms with Gasteiger partial charge in [0.25, 0.3) is 5.91 Å². The third-order valence-electron chi connectivity index (χ3n) is 6.23. The summed E-state index contributed by atoms with van der Waals surface area (Å²) < 4.78 is 5.24. The lowest BCUT2D eigenvalue weighted by molar-refractivity contribution is 0.0948. The van der Waals surface area contributed by atoms with Gasteiger partial charge < -0.3 is 14.7 Å². The van der Waals surface area contributed by atoms with Crippen molar-refractivity contribution in [2.24, 2.45) is 0 Å². The molecule has 1 fully saturated rings. The molecule has 1 saturated heterocycles. The lowest BCUT2D eigenvalue weighted by Gasteiger charge is -2.36. The Kier molecular flexibility index (Phi) is 8.24. The quantitative estimate of drug-likeness (QED) is 0.364. The molecule has 2 aromatic heterocycles. The largest absolute Gasteiger partial charge is 0.369 e. The summed E-state index contributed by atoms with van der Waals surface area (Å²) in [4.78, 5) is 22.2. The standard InChI is InChI=1S/C26H33N5O2S/c1-19-7-4-8-22(17-19)31-15-13-30(14-16-31)12-6-11-27-25(32)23-9-5-10-28-26(23)34-18-24-20(2)29-33-21(24)3/h4-5,7-10,17H,6,11-16,18H2,1-3H3,(H,27,32). The summed E-state index contributed by atoms with van der Waals surface area (Å²) in [6.45, 7) is 11.8. The number of carbonyl (C=O) groups excluding carboxylic acids is 1. The van der Waals surface area contributed by atoms with Gasteiger partial charge in [-0.05, 0) is 63.6 Å². The van der Waals surface area contributed by atoms with Gasteiger partial charge >= 0.3 is 0 Å². The second-order valence-corrected chi connectivity index (χ2v) is 9.69. The van der Waals surface area contributed by atoms with Crippen molar-refractivity contribution in [2.45, 2.75) is 38.0 Å². The summed E-state index contributed by atoms with van der Waals surface area (Å²) >= 11 is 1.54. The van der Waals surface area contributed by atoms with Crippen LogP contribution >= 0.6 is 11.8 Å². The van der Waals surface area contributed by atoms with E-state index in [-0.39, 0.29) is 5.91 Å². The zero-order valence-corrected chi connectivity index (χ0v) is 21.0. The molecule has 1 aliphatic heterocycles. The normalized spacial score (nSPS) is 14.4. The highest BCUT2D eigenvalue weighted by Gasteiger charge is 2.18. The Morgan fingerprint density at radius 3 is 2.68 bits per heavy atom. The van der Waals surface area contributed by atoms with Crippen LogP contribution in [0.15, 0.2) is 52.1 Å². The number of rotatable bonds is 9. The average molecular weight is 480 g/mol. The zero-order chi connectivity index (χ0) is 23.9. The van der Waals surface area contributed by atoms with Gasteiger partial charge in [0.15, 0.2) is 0 Å². The molecule has 0 atom stereocenters. The number of amides is 1. The van der Waals surface area contributed by atoms with Crippen molar-refractivity contribution in [3.8, 4) is 0 Å². The van der Waals surface area contributed by atoms with Crippen LogP contribution in [0.4, 0.5) is 5.69 Å². The van der Waals surface area contributed by atoms with E-state index in [2.05, 4.69) is 56.4 Å². The van der Waals surface area contributed by atoms with Crippen molar-refractivity contribution in [1.29, 1.82) is 0 Å². The smallest absolute Gasteiger partial charge is 0.254 e. The predicted octanol–water partition coefficient (Wildman–Crippen LogP) is 4.23. The van der Waals surface area contributed by atoms with Gasteiger partial charge in [0, 0.05) is 55.9 Å². The second-order valence-electron chi connectivity index (χ2n) is 8.72. The van der Waals surface area contributed by atoms with E-state index in [9.17, 15) is 4.79 Å². The Morgan fingerprint density at radius 1 is 1.12 bits per heavy atom. The number of nitrogens with zero attached hydrogens (tertiary/aromatic N) is 4. The maximum atomic E-state index is 12.8. The molecule has 0 bridgehead atoms. The lowest BCUT2D eigenvalue weighted by Crippen LogP contribution is -2.47. The summed E-state index contributed by atoms with van der Waals surface area (Å²) in [5, 5.41) is 7.81. The third kappa shape index (κ3) is 6.18. The molecule has 34 heavy (non-hydrogen) atoms. The second kappa shape index (κ2) is 11.5. The van der Waals surface area contributed by atoms with Crippen molar-refractivity contribution in [3.05, 3.63) is 70.7 Å². The molecule has 3 heterocycles. The molecule has 1 amide bonds. The van der Waals surface area contributed by atoms with Gasteiger partial charge in [0.1, 0.15) is 10.8 Å². The number of hydrogen-bond acceptors (Lipinski definition) is 7. The van der Waals surface area contributed by atoms with Gasteiger partial charge in [-0.25, -0.2) is 4.98 Å². The summed E-state index contributed by atoms with van der Waals surface area (Å²) in [6.07, 6.45) is 2.65. The summed E-state index contributed by atoms with van der Waals surface area (Å²) in [6, 6.07) is 12.4. The van der Waals surface area contributed by atoms with Crippen LogP contribution < -0.4 is 10.2 Å². The third-order valence-corrected chi connectivity index (χ3v) is 7.26. The van der Waals surface area contributed by atoms with E-state index in [4.69, 9.17) is 4.52 Å². The lowest BCUT2D eigenvalue weighted by atomic mass is 10.2. The number of pyridine rings is 1. The van der Waals surface area contributed by atoms with E-state index in [1.807, 2.05) is 26.0 Å². The first-order valence-electron chi connectivity index (χ1n) is 11.8. The minimum Gasteiger partial charge on any atom is -0.369 e. The van der Waals surface area contributed by atoms with E-state index in [0.717, 1.165) is 61.2 Å². The van der Waals surface area contributed by atoms with Crippen molar-refractivity contribution in [1.82, 2.24) is 20.4 Å². The van der Waals surface area contributed by atoms with Crippen LogP contribution in [-0.4, -0.2) is 60.2 Å². The Morgan fingerprint density at radius 2 is 1.94 bits per heavy atom. The minimum absolute atomic E-state index is 0.0707. The predicted molar refractivity (Wildman–Crippen MR) is 137 cm³/mol. The number of carbonyl (C=O) groups is 1. The fourth-order valence-corrected chi connectivity index (χ4v) is 5.33. The number of anilines is 1. The van der Waals surface area contributed by atoms with Crippen LogP contribution in [-0.2, 0) is 5.75 Å². The van der Waals surface area contributed by atoms with Crippen molar-refractivity contribution < 1.29 is 9.32 Å². The molecule has 1 N–H and O–H groups in total. The monoisotopic (exact) mass is 479 g/mol. The highest BCUT2D eigenvalue weighted by molar-refractivity contribution is 7.98. The molecule has 0 aliphatic carbocycles. The van der Waals surface area contributed by atoms with Crippen molar-refractivity contribution >= 4 is 23.4 Å². The van der Waals surface area contributed by atoms with Crippen LogP contribution in [0.1, 0.15) is 39.4 Å². The fraction of sp³-hybridized carbons (Fsp3) is 0.423. The minimum atomic E-state index is -0.0707. The molecule has 1 aromatic carbocycles. The zero-order valence-electron chi connectivity index (χ0n) is 20.2. The van der Waals surface area contributed by atoms with E-state index in [0.29, 0.717) is 17.9 Å². The molecule has 1 aliphatic rings. The van der Waals surface area contributed by atoms with Gasteiger partial charge in [0.05, 0.1) is 11.3 Å². The first-order valence-corrected chi connectivity index (χ1v) is 12.8. The molecule has 0 saturated carbocycles. The molecular formula is C26H33N5O2S. The number of aromatic nitrogens is 2. The maximum Gasteiger partial charge on any atom is 0.254 e. The highest BCUT2D eigenvalue weighted by Crippen LogP contribution is 2.27. The number of thioether (sulfide) groups is 1. The van der Waals surface area contributed by atoms with Crippen LogP contribution in [0.2, 0.25) is 0 Å². The molecule has 4 rings (SSSR count). The first kappa shape index (κ1) is 24.3. The van der Waals surface area contributed by atoms with Crippen LogP contribution in [0.5, 0.6) is 0 Å². The molecule has 7 nitrogen and oxygen atoms in total. The summed E-state index contributed by atoms with van der Waals surface area (Å²) in [5.41, 5.74) is 5.17. The van der Waals surface area contributed by atoms with Gasteiger partial charge in [-0.1, -0.05) is 17.3 Å². The van der Waals surface area contributed by atoms with E-state index >= 15 is 0 Å². The molecular weight excluding hydrogens is 446 g/mol. The molecule has 0 spiro atoms. The topological polar surface area (TPSA) is 74.5 Å². The van der Waals surface area contributed by atoms with Gasteiger partial charge in [-0.15, -0.1) is 11.8 Å². The summed E-state index contributed by atoms with van der Waals surface area (Å²) in [7, 11) is 0. The highest BCUT2D eigenvalue weighted by atomic mass is 32.2. The van der Waals surface area contributed by atoms with Gasteiger partial charge in [-0.2, -0.15) is 0 Å². The number of aryl methyl sites for hydroxylation is 3. The Labute approximate surface area is 205 Å². The molecule has 0 unspecified atom stereocenters. The Hall–Kier alpha value is -2.84. The summed E-state index contributed by atoms with van der Waals surface area (Å²) in [5.74, 6) is 1.41. The van der Waals surface area contributed by atoms with Crippen LogP contribution in [0, 0.1) is 20.8 Å². The van der Waals surface area contributed by atoms with Gasteiger partial charge in [0.2, 0.25) is 0 Å². The molecule has 180 valence electrons. The fourth-order valence-electron chi connectivity index (χ4n) is 4.18. The Bertz CT molecular complexity index is 1090. The number of benzene rings is 1. The first-order chi connectivity index (χ1) is 16.5. The van der Waals surface area contributed by atoms with Crippen molar-refractivity contribution in [3.63, 3.8) is 0 Å². The van der Waals surface area contributed by atoms with Crippen LogP contribution in [0.25, 0.3) is 0 Å². The van der Waals surface area contributed by atoms with Crippen LogP contribution in [0.3, 0.4) is 0 Å².